The first-order chi connectivity index (χ1) is 29.2. The van der Waals surface area contributed by atoms with E-state index in [0.29, 0.717) is 23.9 Å². The topological polar surface area (TPSA) is 215 Å². The van der Waals surface area contributed by atoms with Gasteiger partial charge >= 0.3 is 23.9 Å². The van der Waals surface area contributed by atoms with E-state index in [1.54, 1.807) is 102 Å². The van der Waals surface area contributed by atoms with Crippen molar-refractivity contribution >= 4 is 46.9 Å². The highest BCUT2D eigenvalue weighted by molar-refractivity contribution is 5.84. The van der Waals surface area contributed by atoms with E-state index < -0.39 is 82.8 Å². The van der Waals surface area contributed by atoms with E-state index in [-0.39, 0.29) is 30.9 Å². The van der Waals surface area contributed by atoms with Gasteiger partial charge in [0, 0.05) is 18.7 Å². The lowest BCUT2D eigenvalue weighted by Gasteiger charge is -2.45. The van der Waals surface area contributed by atoms with Gasteiger partial charge in [-0.15, -0.1) is 5.10 Å². The minimum absolute atomic E-state index is 0.0456. The SMILES string of the molecule is C[C@@H](CO)NC(=O)CC=Cc1ccc(CCc2ccnc3[nH]nc(O[C@@H]4O[C@H](COC(=O)C(C)(C)C)[C@@H](OC(=O)C(C)(C)C)[C@H](OC(=O)C(C)(C)C)[C@H]4OC(=O)C(C)(C)C)c23)cc1. The van der Waals surface area contributed by atoms with Crippen LogP contribution < -0.4 is 10.1 Å². The average Bonchev–Trinajstić information content (AvgIpc) is 3.60. The molecule has 1 amide bonds. The smallest absolute Gasteiger partial charge is 0.311 e. The molecule has 16 heteroatoms. The molecule has 0 aliphatic carbocycles. The summed E-state index contributed by atoms with van der Waals surface area (Å²) >= 11 is 0. The highest BCUT2D eigenvalue weighted by Gasteiger charge is 2.56. The number of ether oxygens (including phenoxy) is 6. The summed E-state index contributed by atoms with van der Waals surface area (Å²) in [6.45, 7) is 21.1. The fourth-order valence-electron chi connectivity index (χ4n) is 5.93. The Morgan fingerprint density at radius 1 is 0.778 bits per heavy atom. The van der Waals surface area contributed by atoms with E-state index in [0.717, 1.165) is 16.7 Å². The van der Waals surface area contributed by atoms with Crippen molar-refractivity contribution < 1.29 is 57.5 Å². The number of fused-ring (bicyclic) bond motifs is 1. The predicted octanol–water partition coefficient (Wildman–Crippen LogP) is 6.21. The maximum Gasteiger partial charge on any atom is 0.311 e. The van der Waals surface area contributed by atoms with Crippen LogP contribution in [0.15, 0.2) is 42.6 Å². The third-order valence-electron chi connectivity index (χ3n) is 9.85. The van der Waals surface area contributed by atoms with Gasteiger partial charge in [-0.05, 0) is 126 Å². The molecule has 1 fully saturated rings. The lowest BCUT2D eigenvalue weighted by molar-refractivity contribution is -0.294. The third kappa shape index (κ3) is 14.1. The highest BCUT2D eigenvalue weighted by atomic mass is 16.7. The molecule has 346 valence electrons. The summed E-state index contributed by atoms with van der Waals surface area (Å²) in [6.07, 6.45) is -0.658. The monoisotopic (exact) mass is 878 g/mol. The molecule has 63 heavy (non-hydrogen) atoms. The molecule has 4 rings (SSSR count). The van der Waals surface area contributed by atoms with Crippen molar-refractivity contribution in [2.24, 2.45) is 21.7 Å². The van der Waals surface area contributed by atoms with Gasteiger partial charge < -0.3 is 38.8 Å². The van der Waals surface area contributed by atoms with Crippen LogP contribution in [0.2, 0.25) is 0 Å². The van der Waals surface area contributed by atoms with Crippen LogP contribution in [0, 0.1) is 21.7 Å². The molecule has 2 aromatic heterocycles. The van der Waals surface area contributed by atoms with E-state index >= 15 is 0 Å². The quantitative estimate of drug-likeness (QED) is 0.114. The number of pyridine rings is 1. The number of aliphatic hydroxyl groups is 1. The van der Waals surface area contributed by atoms with Gasteiger partial charge in [-0.3, -0.25) is 29.1 Å². The first kappa shape index (κ1) is 50.3. The van der Waals surface area contributed by atoms with Crippen LogP contribution in [-0.2, 0) is 60.5 Å². The summed E-state index contributed by atoms with van der Waals surface area (Å²) in [6, 6.07) is 9.44. The number of amides is 1. The van der Waals surface area contributed by atoms with E-state index in [9.17, 15) is 24.0 Å². The van der Waals surface area contributed by atoms with Crippen molar-refractivity contribution in [2.75, 3.05) is 13.2 Å². The molecule has 1 aromatic carbocycles. The minimum atomic E-state index is -1.54. The zero-order chi connectivity index (χ0) is 47.1. The second-order valence-corrected chi connectivity index (χ2v) is 20.1. The number of nitrogens with one attached hydrogen (secondary N) is 2. The van der Waals surface area contributed by atoms with E-state index in [1.807, 2.05) is 36.4 Å². The molecule has 6 atom stereocenters. The maximum atomic E-state index is 13.7. The molecule has 0 bridgehead atoms. The van der Waals surface area contributed by atoms with Gasteiger partial charge in [-0.1, -0.05) is 36.4 Å². The molecular weight excluding hydrogens is 813 g/mol. The molecule has 1 aliphatic heterocycles. The second-order valence-electron chi connectivity index (χ2n) is 20.1. The van der Waals surface area contributed by atoms with Gasteiger partial charge in [0.15, 0.2) is 17.9 Å². The number of rotatable bonds is 15. The third-order valence-corrected chi connectivity index (χ3v) is 9.85. The molecule has 3 heterocycles. The van der Waals surface area contributed by atoms with Gasteiger partial charge in [0.25, 0.3) is 0 Å². The van der Waals surface area contributed by atoms with Crippen LogP contribution in [0.3, 0.4) is 0 Å². The number of carbonyl (C=O) groups excluding carboxylic acids is 5. The molecule has 0 radical (unpaired) electrons. The number of aromatic nitrogens is 3. The molecule has 0 spiro atoms. The van der Waals surface area contributed by atoms with E-state index in [1.165, 1.54) is 0 Å². The van der Waals surface area contributed by atoms with Crippen molar-refractivity contribution in [1.82, 2.24) is 20.5 Å². The van der Waals surface area contributed by atoms with Crippen molar-refractivity contribution in [2.45, 2.75) is 146 Å². The average molecular weight is 879 g/mol. The minimum Gasteiger partial charge on any atom is -0.462 e. The molecule has 1 aliphatic rings. The van der Waals surface area contributed by atoms with Gasteiger partial charge in [0.1, 0.15) is 12.7 Å². The predicted molar refractivity (Wildman–Crippen MR) is 234 cm³/mol. The number of nitrogens with zero attached hydrogens (tertiary/aromatic N) is 2. The summed E-state index contributed by atoms with van der Waals surface area (Å²) < 4.78 is 37.1. The number of benzene rings is 1. The summed E-state index contributed by atoms with van der Waals surface area (Å²) in [5.41, 5.74) is -0.835. The van der Waals surface area contributed by atoms with Crippen LogP contribution in [0.5, 0.6) is 5.88 Å². The van der Waals surface area contributed by atoms with Crippen LogP contribution in [-0.4, -0.2) is 100 Å². The standard InChI is InChI=1S/C47H66N4O12/c1-27(25-52)49-32(53)16-14-15-28-17-19-29(20-18-28)21-22-30-23-24-48-37-33(30)38(51-50-37)63-39-36(62-43(57)47(11,12)13)35(61-42(56)46(8,9)10)34(60-41(55)45(5,6)7)31(59-39)26-58-40(54)44(2,3)4/h14-15,17-20,23-24,27,31,34-36,39,52H,16,21-22,25-26H2,1-13H3,(H,49,53)(H,48,50,51)/t27-,31+,34+,35-,36+,39-/m0/s1. The summed E-state index contributed by atoms with van der Waals surface area (Å²) in [5.74, 6) is -2.75. The lowest BCUT2D eigenvalue weighted by Crippen LogP contribution is -2.65. The lowest BCUT2D eigenvalue weighted by atomic mass is 9.93. The zero-order valence-corrected chi connectivity index (χ0v) is 39.0. The zero-order valence-electron chi connectivity index (χ0n) is 39.0. The number of hydrogen-bond donors (Lipinski definition) is 3. The number of aromatic amines is 1. The van der Waals surface area contributed by atoms with Gasteiger partial charge in [0.05, 0.1) is 33.7 Å². The number of H-pyrrole nitrogens is 1. The number of hydrogen-bond acceptors (Lipinski definition) is 14. The molecule has 3 aromatic rings. The molecule has 1 saturated heterocycles. The van der Waals surface area contributed by atoms with Crippen molar-refractivity contribution in [3.05, 3.63) is 59.3 Å². The van der Waals surface area contributed by atoms with Crippen molar-refractivity contribution in [3.63, 3.8) is 0 Å². The largest absolute Gasteiger partial charge is 0.462 e. The Bertz CT molecular complexity index is 2100. The molecule has 16 nitrogen and oxygen atoms in total. The number of aryl methyl sites for hydroxylation is 2. The normalized spacial score (nSPS) is 20.2. The molecule has 0 unspecified atom stereocenters. The number of carbonyl (C=O) groups is 5. The molecule has 3 N–H and O–H groups in total. The first-order valence-corrected chi connectivity index (χ1v) is 21.3. The van der Waals surface area contributed by atoms with Crippen LogP contribution in [0.1, 0.15) is 113 Å². The fourth-order valence-corrected chi connectivity index (χ4v) is 5.93. The Morgan fingerprint density at radius 2 is 1.33 bits per heavy atom. The first-order valence-electron chi connectivity index (χ1n) is 21.3. The number of esters is 4. The van der Waals surface area contributed by atoms with Crippen molar-refractivity contribution in [1.29, 1.82) is 0 Å². The summed E-state index contributed by atoms with van der Waals surface area (Å²) in [7, 11) is 0. The van der Waals surface area contributed by atoms with E-state index in [4.69, 9.17) is 33.5 Å². The summed E-state index contributed by atoms with van der Waals surface area (Å²) in [4.78, 5) is 70.7. The van der Waals surface area contributed by atoms with Crippen molar-refractivity contribution in [3.8, 4) is 5.88 Å². The summed E-state index contributed by atoms with van der Waals surface area (Å²) in [5, 5.41) is 19.7. The number of aliphatic hydroxyl groups excluding tert-OH is 1. The Balaban J connectivity index is 1.72. The van der Waals surface area contributed by atoms with Crippen LogP contribution >= 0.6 is 0 Å². The Labute approximate surface area is 370 Å². The van der Waals surface area contributed by atoms with Gasteiger partial charge in [-0.25, -0.2) is 4.98 Å². The van der Waals surface area contributed by atoms with E-state index in [2.05, 4.69) is 20.5 Å². The maximum absolute atomic E-state index is 13.7. The fraction of sp³-hybridized carbons (Fsp3) is 0.596. The van der Waals surface area contributed by atoms with Gasteiger partial charge in [-0.2, -0.15) is 0 Å². The van der Waals surface area contributed by atoms with Gasteiger partial charge in [0.2, 0.25) is 24.2 Å². The van der Waals surface area contributed by atoms with Crippen LogP contribution in [0.4, 0.5) is 0 Å². The highest BCUT2D eigenvalue weighted by Crippen LogP contribution is 2.36. The Kier molecular flexibility index (Phi) is 16.3. The second kappa shape index (κ2) is 20.4. The van der Waals surface area contributed by atoms with Crippen LogP contribution in [0.25, 0.3) is 17.1 Å². The Hall–Kier alpha value is -5.35. The molecular formula is C47H66N4O12. The molecule has 0 saturated carbocycles. The Morgan fingerprint density at radius 3 is 1.89 bits per heavy atom.